The van der Waals surface area contributed by atoms with E-state index in [2.05, 4.69) is 6.58 Å². The van der Waals surface area contributed by atoms with Gasteiger partial charge in [-0.25, -0.2) is 12.8 Å². The molecule has 4 aromatic rings. The molecular weight excluding hydrogens is 519 g/mol. The minimum Gasteiger partial charge on any atom is -0.455 e. The van der Waals surface area contributed by atoms with Crippen molar-refractivity contribution in [1.29, 1.82) is 0 Å². The average molecular weight is 549 g/mol. The Labute approximate surface area is 226 Å². The number of primary amides is 1. The zero-order chi connectivity index (χ0) is 27.7. The lowest BCUT2D eigenvalue weighted by Gasteiger charge is -2.26. The highest BCUT2D eigenvalue weighted by atomic mass is 32.2. The number of halogens is 1. The third-order valence-electron chi connectivity index (χ3n) is 6.66. The topological polar surface area (TPSA) is 103 Å². The summed E-state index contributed by atoms with van der Waals surface area (Å²) < 4.78 is 52.8. The number of ether oxygens (including phenoxy) is 1. The molecule has 1 aliphatic rings. The highest BCUT2D eigenvalue weighted by Crippen LogP contribution is 2.48. The Bertz CT molecular complexity index is 1640. The maximum Gasteiger partial charge on any atom is 0.253 e. The molecule has 9 heteroatoms. The summed E-state index contributed by atoms with van der Waals surface area (Å²) in [4.78, 5) is 12.5. The molecule has 1 fully saturated rings. The van der Waals surface area contributed by atoms with E-state index in [1.807, 2.05) is 30.3 Å². The van der Waals surface area contributed by atoms with Gasteiger partial charge >= 0.3 is 0 Å². The zero-order valence-electron chi connectivity index (χ0n) is 21.5. The van der Waals surface area contributed by atoms with Crippen LogP contribution in [0.2, 0.25) is 0 Å². The minimum absolute atomic E-state index is 0.0209. The Morgan fingerprint density at radius 3 is 2.44 bits per heavy atom. The number of hydrogen-bond donors (Lipinski definition) is 1. The summed E-state index contributed by atoms with van der Waals surface area (Å²) >= 11 is 0. The number of carbonyl (C=O) groups excluding carboxylic acids is 1. The number of anilines is 1. The van der Waals surface area contributed by atoms with E-state index < -0.39 is 21.7 Å². The molecule has 0 spiro atoms. The predicted octanol–water partition coefficient (Wildman–Crippen LogP) is 5.75. The Balaban J connectivity index is 1.51. The van der Waals surface area contributed by atoms with Crippen molar-refractivity contribution < 1.29 is 26.8 Å². The summed E-state index contributed by atoms with van der Waals surface area (Å²) in [6, 6.07) is 18.7. The Kier molecular flexibility index (Phi) is 7.29. The highest BCUT2D eigenvalue weighted by Gasteiger charge is 2.33. The maximum absolute atomic E-state index is 13.5. The molecule has 0 bridgehead atoms. The first-order chi connectivity index (χ1) is 18.6. The molecular formula is C30H29FN2O5S. The van der Waals surface area contributed by atoms with Crippen molar-refractivity contribution in [3.8, 4) is 11.3 Å². The summed E-state index contributed by atoms with van der Waals surface area (Å²) in [5.41, 5.74) is 9.57. The second kappa shape index (κ2) is 10.7. The molecule has 1 saturated carbocycles. The lowest BCUT2D eigenvalue weighted by atomic mass is 10.0. The number of carbonyl (C=O) groups is 1. The van der Waals surface area contributed by atoms with Gasteiger partial charge in [-0.15, -0.1) is 0 Å². The van der Waals surface area contributed by atoms with Crippen LogP contribution >= 0.6 is 0 Å². The smallest absolute Gasteiger partial charge is 0.253 e. The van der Waals surface area contributed by atoms with Crippen LogP contribution in [0.3, 0.4) is 0 Å². The second-order valence-electron chi connectivity index (χ2n) is 9.86. The van der Waals surface area contributed by atoms with E-state index >= 15 is 0 Å². The molecule has 5 rings (SSSR count). The molecule has 1 aromatic heterocycles. The zero-order valence-corrected chi connectivity index (χ0v) is 22.3. The number of rotatable bonds is 11. The summed E-state index contributed by atoms with van der Waals surface area (Å²) in [6.45, 7) is 4.65. The van der Waals surface area contributed by atoms with Crippen LogP contribution < -0.4 is 10.0 Å². The van der Waals surface area contributed by atoms with Crippen LogP contribution in [0.4, 0.5) is 10.1 Å². The Morgan fingerprint density at radius 1 is 1.13 bits per heavy atom. The number of fused-ring (bicyclic) bond motifs is 1. The molecule has 0 unspecified atom stereocenters. The third-order valence-corrected chi connectivity index (χ3v) is 7.79. The molecule has 202 valence electrons. The third kappa shape index (κ3) is 5.89. The predicted molar refractivity (Wildman–Crippen MR) is 150 cm³/mol. The standard InChI is InChI=1S/C30H29FN2O5S/c1-19(17-37-18-20-6-4-3-5-7-20)16-33(39(2,35)36)26-15-27-25(14-24(26)21-8-9-21)28(30(32)34)29(38-27)22-10-12-23(31)13-11-22/h3-7,10-15,21H,1,8-9,16-18H2,2H3,(H2,32,34). The molecule has 0 saturated heterocycles. The SMILES string of the molecule is C=C(COCc1ccccc1)CN(c1cc2oc(-c3ccc(F)cc3)c(C(N)=O)c2cc1C1CC1)S(C)(=O)=O. The molecule has 1 heterocycles. The molecule has 0 atom stereocenters. The molecule has 7 nitrogen and oxygen atoms in total. The Morgan fingerprint density at radius 2 is 1.82 bits per heavy atom. The van der Waals surface area contributed by atoms with Gasteiger partial charge in [0.05, 0.1) is 37.3 Å². The molecule has 39 heavy (non-hydrogen) atoms. The van der Waals surface area contributed by atoms with E-state index in [1.54, 1.807) is 12.1 Å². The van der Waals surface area contributed by atoms with Gasteiger partial charge in [0.1, 0.15) is 17.2 Å². The number of benzene rings is 3. The van der Waals surface area contributed by atoms with Crippen molar-refractivity contribution in [3.05, 3.63) is 101 Å². The quantitative estimate of drug-likeness (QED) is 0.240. The van der Waals surface area contributed by atoms with Gasteiger partial charge in [-0.3, -0.25) is 9.10 Å². The summed E-state index contributed by atoms with van der Waals surface area (Å²) in [7, 11) is -3.72. The van der Waals surface area contributed by atoms with Crippen molar-refractivity contribution in [2.45, 2.75) is 25.4 Å². The normalized spacial score (nSPS) is 13.5. The van der Waals surface area contributed by atoms with Crippen LogP contribution in [0.25, 0.3) is 22.3 Å². The van der Waals surface area contributed by atoms with Gasteiger partial charge in [-0.1, -0.05) is 36.9 Å². The number of sulfonamides is 1. The van der Waals surface area contributed by atoms with Gasteiger partial charge in [0, 0.05) is 17.0 Å². The first kappa shape index (κ1) is 26.6. The van der Waals surface area contributed by atoms with Gasteiger partial charge < -0.3 is 14.9 Å². The Hall–Kier alpha value is -3.95. The number of nitrogens with two attached hydrogens (primary N) is 1. The highest BCUT2D eigenvalue weighted by molar-refractivity contribution is 7.92. The number of furan rings is 1. The number of amides is 1. The summed E-state index contributed by atoms with van der Waals surface area (Å²) in [5.74, 6) is -0.765. The lowest BCUT2D eigenvalue weighted by Crippen LogP contribution is -2.33. The van der Waals surface area contributed by atoms with E-state index in [4.69, 9.17) is 14.9 Å². The van der Waals surface area contributed by atoms with Crippen LogP contribution in [0, 0.1) is 5.82 Å². The van der Waals surface area contributed by atoms with Crippen LogP contribution in [-0.2, 0) is 21.4 Å². The van der Waals surface area contributed by atoms with Crippen molar-refractivity contribution in [2.24, 2.45) is 5.73 Å². The molecule has 3 aromatic carbocycles. The van der Waals surface area contributed by atoms with Gasteiger partial charge in [0.25, 0.3) is 5.91 Å². The van der Waals surface area contributed by atoms with Crippen LogP contribution in [0.5, 0.6) is 0 Å². The molecule has 2 N–H and O–H groups in total. The van der Waals surface area contributed by atoms with E-state index in [0.717, 1.165) is 30.2 Å². The van der Waals surface area contributed by atoms with E-state index in [1.165, 1.54) is 28.6 Å². The maximum atomic E-state index is 13.5. The van der Waals surface area contributed by atoms with Crippen molar-refractivity contribution in [2.75, 3.05) is 23.7 Å². The fraction of sp³-hybridized carbons (Fsp3) is 0.233. The van der Waals surface area contributed by atoms with E-state index in [0.29, 0.717) is 34.4 Å². The van der Waals surface area contributed by atoms with Crippen molar-refractivity contribution in [3.63, 3.8) is 0 Å². The minimum atomic E-state index is -3.72. The molecule has 1 amide bonds. The first-order valence-corrected chi connectivity index (χ1v) is 14.4. The van der Waals surface area contributed by atoms with Gasteiger partial charge in [0.2, 0.25) is 10.0 Å². The molecule has 1 aliphatic carbocycles. The summed E-state index contributed by atoms with van der Waals surface area (Å²) in [6.07, 6.45) is 2.94. The van der Waals surface area contributed by atoms with E-state index in [9.17, 15) is 17.6 Å². The van der Waals surface area contributed by atoms with Crippen LogP contribution in [-0.4, -0.2) is 33.7 Å². The second-order valence-corrected chi connectivity index (χ2v) is 11.8. The average Bonchev–Trinajstić information content (AvgIpc) is 3.67. The van der Waals surface area contributed by atoms with Gasteiger partial charge in [-0.2, -0.15) is 0 Å². The molecule has 0 aliphatic heterocycles. The van der Waals surface area contributed by atoms with E-state index in [-0.39, 0.29) is 30.4 Å². The summed E-state index contributed by atoms with van der Waals surface area (Å²) in [5, 5.41) is 0.492. The fourth-order valence-electron chi connectivity index (χ4n) is 4.65. The lowest BCUT2D eigenvalue weighted by molar-refractivity contribution is 0.100. The monoisotopic (exact) mass is 548 g/mol. The molecule has 0 radical (unpaired) electrons. The first-order valence-electron chi connectivity index (χ1n) is 12.5. The van der Waals surface area contributed by atoms with Gasteiger partial charge in [-0.05, 0) is 65.8 Å². The number of nitrogens with zero attached hydrogens (tertiary/aromatic N) is 1. The van der Waals surface area contributed by atoms with Crippen molar-refractivity contribution in [1.82, 2.24) is 0 Å². The van der Waals surface area contributed by atoms with Crippen LogP contribution in [0.15, 0.2) is 83.3 Å². The van der Waals surface area contributed by atoms with Crippen LogP contribution in [0.1, 0.15) is 40.2 Å². The van der Waals surface area contributed by atoms with Gasteiger partial charge in [0.15, 0.2) is 0 Å². The van der Waals surface area contributed by atoms with Crippen molar-refractivity contribution >= 4 is 32.6 Å². The largest absolute Gasteiger partial charge is 0.455 e. The fourth-order valence-corrected chi connectivity index (χ4v) is 5.59. The number of hydrogen-bond acceptors (Lipinski definition) is 5.